The van der Waals surface area contributed by atoms with Crippen LogP contribution in [0.25, 0.3) is 0 Å². The maximum atomic E-state index is 5.56. The van der Waals surface area contributed by atoms with Crippen molar-refractivity contribution >= 4 is 21.4 Å². The number of nitrogens with two attached hydrogens (primary N) is 1. The van der Waals surface area contributed by atoms with Gasteiger partial charge in [0.2, 0.25) is 0 Å². The molecule has 2 radical (unpaired) electrons. The molecule has 3 N–H and O–H groups in total. The molecular formula is C4H10N2Sn. The summed E-state index contributed by atoms with van der Waals surface area (Å²) < 4.78 is 6.50. The van der Waals surface area contributed by atoms with E-state index >= 15 is 0 Å². The van der Waals surface area contributed by atoms with E-state index in [0.717, 1.165) is 3.93 Å². The first-order chi connectivity index (χ1) is 3.43. The summed E-state index contributed by atoms with van der Waals surface area (Å²) in [6, 6.07) is 0. The molecule has 1 rings (SSSR count). The van der Waals surface area contributed by atoms with E-state index in [1.807, 2.05) is 0 Å². The summed E-state index contributed by atoms with van der Waals surface area (Å²) in [5.41, 5.74) is 0. The Morgan fingerprint density at radius 3 is 2.86 bits per heavy atom. The molecule has 0 bridgehead atoms. The minimum absolute atomic E-state index is 0.402. The van der Waals surface area contributed by atoms with Crippen LogP contribution < -0.4 is 9.27 Å². The van der Waals surface area contributed by atoms with Gasteiger partial charge in [0.15, 0.2) is 0 Å². The first kappa shape index (κ1) is 5.85. The monoisotopic (exact) mass is 206 g/mol. The second-order valence-electron chi connectivity index (χ2n) is 1.86. The molecule has 2 nitrogen and oxygen atoms in total. The molecule has 0 amide bonds. The van der Waals surface area contributed by atoms with Crippen molar-refractivity contribution in [1.82, 2.24) is 5.32 Å². The third-order valence-corrected chi connectivity index (χ3v) is 4.05. The van der Waals surface area contributed by atoms with Gasteiger partial charge >= 0.3 is 54.1 Å². The molecule has 0 aromatic carbocycles. The number of hydrogen-bond acceptors (Lipinski definition) is 2. The van der Waals surface area contributed by atoms with Gasteiger partial charge in [-0.3, -0.25) is 0 Å². The predicted molar refractivity (Wildman–Crippen MR) is 31.2 cm³/mol. The summed E-state index contributed by atoms with van der Waals surface area (Å²) in [4.78, 5) is 0. The van der Waals surface area contributed by atoms with E-state index in [4.69, 9.17) is 3.96 Å². The van der Waals surface area contributed by atoms with Crippen molar-refractivity contribution in [2.75, 3.05) is 13.1 Å². The first-order valence-corrected chi connectivity index (χ1v) is 5.90. The van der Waals surface area contributed by atoms with Crippen LogP contribution in [0.4, 0.5) is 0 Å². The molecule has 1 fully saturated rings. The molecule has 7 heavy (non-hydrogen) atoms. The van der Waals surface area contributed by atoms with Crippen molar-refractivity contribution in [3.8, 4) is 0 Å². The first-order valence-electron chi connectivity index (χ1n) is 2.60. The molecule has 40 valence electrons. The van der Waals surface area contributed by atoms with Gasteiger partial charge in [-0.2, -0.15) is 0 Å². The van der Waals surface area contributed by atoms with Crippen molar-refractivity contribution in [3.63, 3.8) is 0 Å². The van der Waals surface area contributed by atoms with Crippen molar-refractivity contribution in [3.05, 3.63) is 0 Å². The summed E-state index contributed by atoms with van der Waals surface area (Å²) in [5.74, 6) is 0. The SMILES string of the molecule is [NH2][Sn][CH]1CCNC1. The van der Waals surface area contributed by atoms with Gasteiger partial charge in [-0.25, -0.2) is 0 Å². The fourth-order valence-corrected chi connectivity index (χ4v) is 2.43. The van der Waals surface area contributed by atoms with Crippen molar-refractivity contribution in [2.45, 2.75) is 10.4 Å². The van der Waals surface area contributed by atoms with Crippen molar-refractivity contribution in [1.29, 1.82) is 0 Å². The normalized spacial score (nSPS) is 31.3. The molecule has 0 aliphatic carbocycles. The maximum absolute atomic E-state index is 5.56. The Morgan fingerprint density at radius 2 is 2.57 bits per heavy atom. The Kier molecular flexibility index (Phi) is 2.41. The minimum atomic E-state index is -0.402. The standard InChI is InChI=1S/C4H8N.H2N.Sn/c1-2-4-5-3-1;;/h1,5H,2-4H2;1H2;/q;-1;+1. The average molecular weight is 205 g/mol. The summed E-state index contributed by atoms with van der Waals surface area (Å²) >= 11 is -0.402. The number of rotatable bonds is 1. The van der Waals surface area contributed by atoms with E-state index in [-0.39, 0.29) is 0 Å². The van der Waals surface area contributed by atoms with Crippen LogP contribution in [0.3, 0.4) is 0 Å². The zero-order valence-corrected chi connectivity index (χ0v) is 7.13. The Bertz CT molecular complexity index is 51.7. The van der Waals surface area contributed by atoms with Crippen LogP contribution in [0.5, 0.6) is 0 Å². The second-order valence-corrected chi connectivity index (χ2v) is 5.14. The second kappa shape index (κ2) is 2.89. The summed E-state index contributed by atoms with van der Waals surface area (Å²) in [7, 11) is 0. The predicted octanol–water partition coefficient (Wildman–Crippen LogP) is -0.654. The van der Waals surface area contributed by atoms with Crippen LogP contribution in [-0.2, 0) is 0 Å². The fourth-order valence-electron chi connectivity index (χ4n) is 0.797. The zero-order chi connectivity index (χ0) is 5.11. The molecule has 1 aliphatic rings. The Morgan fingerprint density at radius 1 is 1.71 bits per heavy atom. The van der Waals surface area contributed by atoms with Gasteiger partial charge in [0.1, 0.15) is 0 Å². The molecule has 0 saturated carbocycles. The van der Waals surface area contributed by atoms with Crippen LogP contribution in [0, 0.1) is 0 Å². The van der Waals surface area contributed by atoms with Gasteiger partial charge in [-0.05, 0) is 0 Å². The van der Waals surface area contributed by atoms with Crippen LogP contribution in [0.15, 0.2) is 0 Å². The van der Waals surface area contributed by atoms with E-state index in [0.29, 0.717) is 0 Å². The van der Waals surface area contributed by atoms with Gasteiger partial charge in [0, 0.05) is 0 Å². The van der Waals surface area contributed by atoms with Gasteiger partial charge in [-0.1, -0.05) is 0 Å². The van der Waals surface area contributed by atoms with E-state index in [1.165, 1.54) is 19.5 Å². The molecule has 0 aromatic rings. The van der Waals surface area contributed by atoms with Crippen molar-refractivity contribution in [2.24, 2.45) is 3.96 Å². The van der Waals surface area contributed by atoms with Gasteiger partial charge in [0.05, 0.1) is 0 Å². The summed E-state index contributed by atoms with van der Waals surface area (Å²) in [6.45, 7) is 2.42. The summed E-state index contributed by atoms with van der Waals surface area (Å²) in [5, 5.41) is 3.29. The number of nitrogens with one attached hydrogen (secondary N) is 1. The van der Waals surface area contributed by atoms with Gasteiger partial charge < -0.3 is 0 Å². The quantitative estimate of drug-likeness (QED) is 0.558. The van der Waals surface area contributed by atoms with E-state index in [1.54, 1.807) is 0 Å². The molecule has 1 heterocycles. The molecule has 1 aliphatic heterocycles. The van der Waals surface area contributed by atoms with Crippen LogP contribution in [0.1, 0.15) is 6.42 Å². The molecule has 1 unspecified atom stereocenters. The molecule has 1 atom stereocenters. The van der Waals surface area contributed by atoms with Crippen molar-refractivity contribution < 1.29 is 0 Å². The molecule has 0 spiro atoms. The van der Waals surface area contributed by atoms with E-state index in [9.17, 15) is 0 Å². The zero-order valence-electron chi connectivity index (χ0n) is 4.28. The van der Waals surface area contributed by atoms with E-state index < -0.39 is 21.4 Å². The topological polar surface area (TPSA) is 38.0 Å². The number of hydrogen-bond donors (Lipinski definition) is 2. The molecule has 3 heteroatoms. The van der Waals surface area contributed by atoms with Crippen LogP contribution >= 0.6 is 0 Å². The van der Waals surface area contributed by atoms with Gasteiger partial charge in [-0.15, -0.1) is 0 Å². The Labute approximate surface area is 54.4 Å². The average Bonchev–Trinajstić information content (AvgIpc) is 2.14. The Balaban J connectivity index is 2.14. The van der Waals surface area contributed by atoms with Crippen LogP contribution in [0.2, 0.25) is 3.93 Å². The third kappa shape index (κ3) is 1.58. The van der Waals surface area contributed by atoms with Gasteiger partial charge in [0.25, 0.3) is 0 Å². The fraction of sp³-hybridized carbons (Fsp3) is 1.00. The molecule has 0 aromatic heterocycles. The molecular weight excluding hydrogens is 195 g/mol. The summed E-state index contributed by atoms with van der Waals surface area (Å²) in [6.07, 6.45) is 1.35. The molecule has 1 saturated heterocycles. The third-order valence-electron chi connectivity index (χ3n) is 1.30. The Hall–Kier alpha value is 0.719. The van der Waals surface area contributed by atoms with Crippen LogP contribution in [-0.4, -0.2) is 34.5 Å². The van der Waals surface area contributed by atoms with E-state index in [2.05, 4.69) is 5.32 Å².